The number of piperidine rings is 1. The molecule has 1 fully saturated rings. The molecule has 2 heterocycles. The maximum absolute atomic E-state index is 14.2. The molecule has 0 radical (unpaired) electrons. The van der Waals surface area contributed by atoms with E-state index >= 15 is 0 Å². The minimum absolute atomic E-state index is 0.0645. The van der Waals surface area contributed by atoms with Crippen LogP contribution in [0.15, 0.2) is 39.5 Å². The Labute approximate surface area is 196 Å². The molecule has 8 heteroatoms. The lowest BCUT2D eigenvalue weighted by atomic mass is 9.83. The van der Waals surface area contributed by atoms with E-state index in [-0.39, 0.29) is 16.5 Å². The number of benzene rings is 2. The predicted octanol–water partition coefficient (Wildman–Crippen LogP) is 5.88. The fourth-order valence-corrected chi connectivity index (χ4v) is 4.42. The van der Waals surface area contributed by atoms with Gasteiger partial charge in [0.15, 0.2) is 22.9 Å². The molecule has 4 rings (SSSR count). The van der Waals surface area contributed by atoms with E-state index in [1.165, 1.54) is 12.1 Å². The largest absolute Gasteiger partial charge is 0.478 e. The molecule has 1 aliphatic heterocycles. The van der Waals surface area contributed by atoms with Crippen LogP contribution in [0.4, 0.5) is 20.4 Å². The van der Waals surface area contributed by atoms with E-state index in [4.69, 9.17) is 4.42 Å². The van der Waals surface area contributed by atoms with E-state index in [1.807, 2.05) is 13.0 Å². The Morgan fingerprint density at radius 2 is 1.85 bits per heavy atom. The molecule has 0 spiro atoms. The molecular weight excluding hydrogens is 442 g/mol. The molecule has 2 N–H and O–H groups in total. The first kappa shape index (κ1) is 23.7. The second-order valence-electron chi connectivity index (χ2n) is 9.79. The van der Waals surface area contributed by atoms with Gasteiger partial charge in [-0.15, -0.1) is 0 Å². The van der Waals surface area contributed by atoms with Gasteiger partial charge in [-0.25, -0.2) is 13.6 Å². The summed E-state index contributed by atoms with van der Waals surface area (Å²) in [5, 5.41) is 12.8. The highest BCUT2D eigenvalue weighted by molar-refractivity contribution is 5.94. The zero-order valence-corrected chi connectivity index (χ0v) is 19.7. The summed E-state index contributed by atoms with van der Waals surface area (Å²) < 4.78 is 34.1. The summed E-state index contributed by atoms with van der Waals surface area (Å²) in [6.07, 6.45) is 1.95. The van der Waals surface area contributed by atoms with Crippen LogP contribution in [0.2, 0.25) is 0 Å². The highest BCUT2D eigenvalue weighted by Crippen LogP contribution is 2.35. The van der Waals surface area contributed by atoms with Crippen LogP contribution in [0.3, 0.4) is 0 Å². The maximum atomic E-state index is 14.2. The van der Waals surface area contributed by atoms with E-state index in [0.717, 1.165) is 37.6 Å². The fourth-order valence-electron chi connectivity index (χ4n) is 4.42. The van der Waals surface area contributed by atoms with Crippen LogP contribution >= 0.6 is 0 Å². The van der Waals surface area contributed by atoms with Gasteiger partial charge in [-0.2, -0.15) is 0 Å². The molecule has 0 bridgehead atoms. The Kier molecular flexibility index (Phi) is 6.10. The molecule has 0 aliphatic carbocycles. The Morgan fingerprint density at radius 3 is 2.50 bits per heavy atom. The number of rotatable bonds is 5. The minimum Gasteiger partial charge on any atom is -0.478 e. The maximum Gasteiger partial charge on any atom is 0.340 e. The molecule has 1 unspecified atom stereocenters. The Balaban J connectivity index is 1.77. The van der Waals surface area contributed by atoms with E-state index in [9.17, 15) is 23.5 Å². The fraction of sp³-hybridized carbons (Fsp3) is 0.385. The molecule has 1 atom stereocenters. The molecule has 0 saturated carbocycles. The van der Waals surface area contributed by atoms with E-state index in [2.05, 4.69) is 24.1 Å². The first-order valence-electron chi connectivity index (χ1n) is 11.3. The van der Waals surface area contributed by atoms with Crippen LogP contribution in [0.5, 0.6) is 0 Å². The predicted molar refractivity (Wildman–Crippen MR) is 128 cm³/mol. The molecule has 1 saturated heterocycles. The molecule has 2 aromatic carbocycles. The van der Waals surface area contributed by atoms with Crippen LogP contribution in [0.25, 0.3) is 11.0 Å². The normalized spacial score (nSPS) is 16.5. The average molecular weight is 471 g/mol. The molecular formula is C26H28F2N2O4. The summed E-state index contributed by atoms with van der Waals surface area (Å²) in [6, 6.07) is 6.60. The lowest BCUT2D eigenvalue weighted by Crippen LogP contribution is -2.37. The Hall–Kier alpha value is -3.42. The van der Waals surface area contributed by atoms with Crippen LogP contribution in [0, 0.1) is 24.0 Å². The van der Waals surface area contributed by atoms with Crippen molar-refractivity contribution in [3.63, 3.8) is 0 Å². The minimum atomic E-state index is -1.58. The number of aromatic carboxylic acids is 1. The SMILES string of the molecule is Cc1cc(C(C)Nc2ccc(F)c(F)c2C(=O)O)c2oc(N3CCC(C)(C)CC3)cc(=O)c2c1. The van der Waals surface area contributed by atoms with Gasteiger partial charge >= 0.3 is 5.97 Å². The first-order valence-corrected chi connectivity index (χ1v) is 11.3. The van der Waals surface area contributed by atoms with E-state index < -0.39 is 29.2 Å². The van der Waals surface area contributed by atoms with Crippen LogP contribution in [-0.2, 0) is 0 Å². The van der Waals surface area contributed by atoms with Crippen molar-refractivity contribution in [2.24, 2.45) is 5.41 Å². The molecule has 6 nitrogen and oxygen atoms in total. The first-order chi connectivity index (χ1) is 16.0. The number of anilines is 2. The van der Waals surface area contributed by atoms with Gasteiger partial charge in [-0.1, -0.05) is 19.9 Å². The van der Waals surface area contributed by atoms with Gasteiger partial charge in [-0.3, -0.25) is 4.79 Å². The summed E-state index contributed by atoms with van der Waals surface area (Å²) in [6.45, 7) is 9.57. The summed E-state index contributed by atoms with van der Waals surface area (Å²) in [7, 11) is 0. The van der Waals surface area contributed by atoms with Gasteiger partial charge in [0.2, 0.25) is 0 Å². The van der Waals surface area contributed by atoms with Gasteiger partial charge < -0.3 is 19.7 Å². The third-order valence-electron chi connectivity index (χ3n) is 6.56. The second-order valence-corrected chi connectivity index (χ2v) is 9.79. The highest BCUT2D eigenvalue weighted by Gasteiger charge is 2.28. The van der Waals surface area contributed by atoms with Crippen molar-refractivity contribution >= 4 is 28.5 Å². The molecule has 1 aromatic heterocycles. The van der Waals surface area contributed by atoms with Gasteiger partial charge in [0.25, 0.3) is 0 Å². The van der Waals surface area contributed by atoms with Crippen LogP contribution < -0.4 is 15.6 Å². The molecule has 1 aliphatic rings. The summed E-state index contributed by atoms with van der Waals surface area (Å²) in [4.78, 5) is 26.6. The van der Waals surface area contributed by atoms with Crippen molar-refractivity contribution in [1.82, 2.24) is 0 Å². The van der Waals surface area contributed by atoms with Crippen LogP contribution in [0.1, 0.15) is 61.1 Å². The van der Waals surface area contributed by atoms with Crippen LogP contribution in [-0.4, -0.2) is 24.2 Å². The number of halogens is 2. The van der Waals surface area contributed by atoms with Crippen molar-refractivity contribution in [3.05, 3.63) is 68.9 Å². The number of nitrogens with one attached hydrogen (secondary N) is 1. The lowest BCUT2D eigenvalue weighted by Gasteiger charge is -2.37. The number of aryl methyl sites for hydroxylation is 1. The third-order valence-corrected chi connectivity index (χ3v) is 6.56. The second kappa shape index (κ2) is 8.74. The topological polar surface area (TPSA) is 82.8 Å². The number of carboxylic acid groups (broad SMARTS) is 1. The van der Waals surface area contributed by atoms with E-state index in [1.54, 1.807) is 13.0 Å². The Morgan fingerprint density at radius 1 is 1.18 bits per heavy atom. The smallest absolute Gasteiger partial charge is 0.340 e. The molecule has 3 aromatic rings. The molecule has 180 valence electrons. The van der Waals surface area contributed by atoms with Crippen molar-refractivity contribution in [2.45, 2.75) is 46.6 Å². The number of carbonyl (C=O) groups is 1. The van der Waals surface area contributed by atoms with Gasteiger partial charge in [0, 0.05) is 24.7 Å². The van der Waals surface area contributed by atoms with Gasteiger partial charge in [-0.05, 0) is 55.9 Å². The van der Waals surface area contributed by atoms with Crippen molar-refractivity contribution in [3.8, 4) is 0 Å². The van der Waals surface area contributed by atoms with Crippen molar-refractivity contribution < 1.29 is 23.1 Å². The quantitative estimate of drug-likeness (QED) is 0.485. The third kappa shape index (κ3) is 4.49. The average Bonchev–Trinajstić information content (AvgIpc) is 2.76. The van der Waals surface area contributed by atoms with Crippen molar-refractivity contribution in [1.29, 1.82) is 0 Å². The van der Waals surface area contributed by atoms with Crippen molar-refractivity contribution in [2.75, 3.05) is 23.3 Å². The van der Waals surface area contributed by atoms with E-state index in [0.29, 0.717) is 22.4 Å². The monoisotopic (exact) mass is 470 g/mol. The van der Waals surface area contributed by atoms with Gasteiger partial charge in [0.1, 0.15) is 11.1 Å². The number of hydrogen-bond donors (Lipinski definition) is 2. The zero-order chi connectivity index (χ0) is 24.8. The number of fused-ring (bicyclic) bond motifs is 1. The summed E-state index contributed by atoms with van der Waals surface area (Å²) in [5.41, 5.74) is 1.05. The highest BCUT2D eigenvalue weighted by atomic mass is 19.2. The number of hydrogen-bond acceptors (Lipinski definition) is 5. The molecule has 34 heavy (non-hydrogen) atoms. The lowest BCUT2D eigenvalue weighted by molar-refractivity contribution is 0.0691. The van der Waals surface area contributed by atoms with Gasteiger partial charge in [0.05, 0.1) is 17.1 Å². The summed E-state index contributed by atoms with van der Waals surface area (Å²) >= 11 is 0. The zero-order valence-electron chi connectivity index (χ0n) is 19.7. The number of carboxylic acids is 1. The Bertz CT molecular complexity index is 1320. The standard InChI is InChI=1S/C26H28F2N2O4/c1-14-11-16(15(2)29-19-6-5-18(27)23(28)22(19)25(32)33)24-17(12-14)20(31)13-21(34-24)30-9-7-26(3,4)8-10-30/h5-6,11-13,15,29H,7-10H2,1-4H3,(H,32,33). The number of nitrogens with zero attached hydrogens (tertiary/aromatic N) is 1. The molecule has 0 amide bonds. The summed E-state index contributed by atoms with van der Waals surface area (Å²) in [5.74, 6) is -3.76.